The van der Waals surface area contributed by atoms with Crippen molar-refractivity contribution in [2.24, 2.45) is 0 Å². The van der Waals surface area contributed by atoms with Crippen LogP contribution in [0.3, 0.4) is 0 Å². The highest BCUT2D eigenvalue weighted by atomic mass is 32.2. The van der Waals surface area contributed by atoms with E-state index in [2.05, 4.69) is 30.3 Å². The molecule has 1 heterocycles. The Morgan fingerprint density at radius 1 is 1.05 bits per heavy atom. The van der Waals surface area contributed by atoms with Crippen LogP contribution >= 0.6 is 0 Å². The Labute approximate surface area is 118 Å². The number of nitrogens with zero attached hydrogens (tertiary/aromatic N) is 3. The SMILES string of the molecule is CCCNc1nc(NCCNS(C)(=O)=O)nc(OC)n1. The highest BCUT2D eigenvalue weighted by Gasteiger charge is 2.06. The number of methoxy groups -OCH3 is 1. The summed E-state index contributed by atoms with van der Waals surface area (Å²) in [5, 5.41) is 5.93. The quantitative estimate of drug-likeness (QED) is 0.530. The third kappa shape index (κ3) is 6.48. The molecule has 0 aliphatic heterocycles. The number of ether oxygens (including phenoxy) is 1. The average Bonchev–Trinajstić information content (AvgIpc) is 2.40. The minimum absolute atomic E-state index is 0.192. The Morgan fingerprint density at radius 2 is 1.65 bits per heavy atom. The molecule has 0 aromatic carbocycles. The zero-order valence-corrected chi connectivity index (χ0v) is 12.6. The fraction of sp³-hybridized carbons (Fsp3) is 0.700. The molecule has 9 nitrogen and oxygen atoms in total. The van der Waals surface area contributed by atoms with Gasteiger partial charge in [0.25, 0.3) is 0 Å². The summed E-state index contributed by atoms with van der Waals surface area (Å²) in [6.45, 7) is 3.36. The fourth-order valence-corrected chi connectivity index (χ4v) is 1.73. The summed E-state index contributed by atoms with van der Waals surface area (Å²) >= 11 is 0. The maximum Gasteiger partial charge on any atom is 0.322 e. The normalized spacial score (nSPS) is 11.2. The van der Waals surface area contributed by atoms with Gasteiger partial charge in [0.15, 0.2) is 0 Å². The minimum atomic E-state index is -3.19. The second-order valence-corrected chi connectivity index (χ2v) is 5.82. The number of hydrogen-bond acceptors (Lipinski definition) is 8. The van der Waals surface area contributed by atoms with Crippen LogP contribution in [0.25, 0.3) is 0 Å². The van der Waals surface area contributed by atoms with Crippen LogP contribution in [0.1, 0.15) is 13.3 Å². The van der Waals surface area contributed by atoms with Crippen LogP contribution in [-0.2, 0) is 10.0 Å². The molecular weight excluding hydrogens is 284 g/mol. The van der Waals surface area contributed by atoms with Crippen molar-refractivity contribution < 1.29 is 13.2 Å². The number of sulfonamides is 1. The van der Waals surface area contributed by atoms with Crippen molar-refractivity contribution in [3.05, 3.63) is 0 Å². The lowest BCUT2D eigenvalue weighted by Crippen LogP contribution is -2.28. The van der Waals surface area contributed by atoms with Gasteiger partial charge in [0.05, 0.1) is 13.4 Å². The first-order chi connectivity index (χ1) is 9.44. The molecule has 20 heavy (non-hydrogen) atoms. The highest BCUT2D eigenvalue weighted by molar-refractivity contribution is 7.88. The Morgan fingerprint density at radius 3 is 2.15 bits per heavy atom. The third-order valence-corrected chi connectivity index (χ3v) is 2.83. The van der Waals surface area contributed by atoms with Crippen LogP contribution in [0.2, 0.25) is 0 Å². The van der Waals surface area contributed by atoms with Crippen molar-refractivity contribution in [2.75, 3.05) is 43.6 Å². The lowest BCUT2D eigenvalue weighted by molar-refractivity contribution is 0.379. The molecule has 0 unspecified atom stereocenters. The van der Waals surface area contributed by atoms with Crippen molar-refractivity contribution >= 4 is 21.9 Å². The molecule has 0 saturated carbocycles. The molecule has 0 spiro atoms. The molecule has 0 aliphatic carbocycles. The number of hydrogen-bond donors (Lipinski definition) is 3. The molecule has 3 N–H and O–H groups in total. The third-order valence-electron chi connectivity index (χ3n) is 2.10. The first kappa shape index (κ1) is 16.4. The van der Waals surface area contributed by atoms with Crippen LogP contribution in [0.4, 0.5) is 11.9 Å². The number of aromatic nitrogens is 3. The van der Waals surface area contributed by atoms with Crippen LogP contribution < -0.4 is 20.1 Å². The zero-order chi connectivity index (χ0) is 15.0. The van der Waals surface area contributed by atoms with Crippen LogP contribution in [-0.4, -0.2) is 56.4 Å². The molecular formula is C10H20N6O3S. The lowest BCUT2D eigenvalue weighted by Gasteiger charge is -2.09. The van der Waals surface area contributed by atoms with Gasteiger partial charge in [0, 0.05) is 19.6 Å². The van der Waals surface area contributed by atoms with E-state index < -0.39 is 10.0 Å². The molecule has 114 valence electrons. The van der Waals surface area contributed by atoms with Crippen molar-refractivity contribution in [1.29, 1.82) is 0 Å². The van der Waals surface area contributed by atoms with Crippen molar-refractivity contribution in [3.8, 4) is 6.01 Å². The van der Waals surface area contributed by atoms with E-state index in [0.717, 1.165) is 19.2 Å². The van der Waals surface area contributed by atoms with E-state index in [0.29, 0.717) is 18.4 Å². The van der Waals surface area contributed by atoms with Crippen LogP contribution in [0.15, 0.2) is 0 Å². The zero-order valence-electron chi connectivity index (χ0n) is 11.8. The van der Waals surface area contributed by atoms with Gasteiger partial charge in [-0.05, 0) is 6.42 Å². The van der Waals surface area contributed by atoms with Gasteiger partial charge < -0.3 is 15.4 Å². The van der Waals surface area contributed by atoms with Gasteiger partial charge in [0.2, 0.25) is 21.9 Å². The topological polar surface area (TPSA) is 118 Å². The van der Waals surface area contributed by atoms with E-state index in [1.165, 1.54) is 7.11 Å². The largest absolute Gasteiger partial charge is 0.467 e. The number of rotatable bonds is 9. The molecule has 0 atom stereocenters. The highest BCUT2D eigenvalue weighted by Crippen LogP contribution is 2.10. The smallest absolute Gasteiger partial charge is 0.322 e. The Balaban J connectivity index is 2.59. The van der Waals surface area contributed by atoms with Gasteiger partial charge in [-0.2, -0.15) is 15.0 Å². The fourth-order valence-electron chi connectivity index (χ4n) is 1.25. The first-order valence-corrected chi connectivity index (χ1v) is 8.06. The molecule has 0 radical (unpaired) electrons. The number of nitrogens with one attached hydrogen (secondary N) is 3. The second-order valence-electron chi connectivity index (χ2n) is 3.99. The van der Waals surface area contributed by atoms with E-state index in [4.69, 9.17) is 4.74 Å². The van der Waals surface area contributed by atoms with Gasteiger partial charge in [-0.25, -0.2) is 13.1 Å². The summed E-state index contributed by atoms with van der Waals surface area (Å²) in [5.74, 6) is 0.739. The second kappa shape index (κ2) is 7.80. The summed E-state index contributed by atoms with van der Waals surface area (Å²) in [7, 11) is -1.73. The molecule has 1 aromatic rings. The Bertz CT molecular complexity index is 522. The minimum Gasteiger partial charge on any atom is -0.467 e. The van der Waals surface area contributed by atoms with Gasteiger partial charge in [-0.3, -0.25) is 0 Å². The van der Waals surface area contributed by atoms with Crippen LogP contribution in [0, 0.1) is 0 Å². The van der Waals surface area contributed by atoms with E-state index in [-0.39, 0.29) is 12.6 Å². The molecule has 1 rings (SSSR count). The van der Waals surface area contributed by atoms with Crippen molar-refractivity contribution in [3.63, 3.8) is 0 Å². The summed E-state index contributed by atoms with van der Waals surface area (Å²) in [6.07, 6.45) is 2.04. The molecule has 0 aliphatic rings. The van der Waals surface area contributed by atoms with Gasteiger partial charge >= 0.3 is 6.01 Å². The summed E-state index contributed by atoms with van der Waals surface area (Å²) < 4.78 is 29.2. The van der Waals surface area contributed by atoms with E-state index in [1.807, 2.05) is 6.92 Å². The summed E-state index contributed by atoms with van der Waals surface area (Å²) in [4.78, 5) is 12.2. The monoisotopic (exact) mass is 304 g/mol. The molecule has 0 bridgehead atoms. The molecule has 0 saturated heterocycles. The first-order valence-electron chi connectivity index (χ1n) is 6.17. The molecule has 0 fully saturated rings. The molecule has 10 heteroatoms. The predicted molar refractivity (Wildman–Crippen MR) is 76.5 cm³/mol. The maximum absolute atomic E-state index is 10.9. The summed E-state index contributed by atoms with van der Waals surface area (Å²) in [6, 6.07) is 0.192. The average molecular weight is 304 g/mol. The van der Waals surface area contributed by atoms with E-state index in [1.54, 1.807) is 0 Å². The maximum atomic E-state index is 10.9. The van der Waals surface area contributed by atoms with Gasteiger partial charge in [0.1, 0.15) is 0 Å². The standard InChI is InChI=1S/C10H20N6O3S/c1-4-5-11-8-14-9(16-10(15-8)19-2)12-6-7-13-20(3,17)18/h13H,4-7H2,1-3H3,(H2,11,12,14,15,16). The molecule has 1 aromatic heterocycles. The van der Waals surface area contributed by atoms with Crippen LogP contribution in [0.5, 0.6) is 6.01 Å². The van der Waals surface area contributed by atoms with Gasteiger partial charge in [-0.15, -0.1) is 0 Å². The number of anilines is 2. The molecule has 0 amide bonds. The van der Waals surface area contributed by atoms with Crippen molar-refractivity contribution in [1.82, 2.24) is 19.7 Å². The van der Waals surface area contributed by atoms with Gasteiger partial charge in [-0.1, -0.05) is 6.92 Å². The van der Waals surface area contributed by atoms with E-state index in [9.17, 15) is 8.42 Å². The van der Waals surface area contributed by atoms with E-state index >= 15 is 0 Å². The summed E-state index contributed by atoms with van der Waals surface area (Å²) in [5.41, 5.74) is 0. The Hall–Kier alpha value is -1.68. The Kier molecular flexibility index (Phi) is 6.39. The lowest BCUT2D eigenvalue weighted by atomic mass is 10.5. The predicted octanol–water partition coefficient (Wildman–Crippen LogP) is -0.337. The van der Waals surface area contributed by atoms with Crippen molar-refractivity contribution in [2.45, 2.75) is 13.3 Å².